The van der Waals surface area contributed by atoms with Gasteiger partial charge >= 0.3 is 0 Å². The molecule has 4 rings (SSSR count). The van der Waals surface area contributed by atoms with Crippen LogP contribution in [0, 0.1) is 13.8 Å². The van der Waals surface area contributed by atoms with E-state index in [9.17, 15) is 14.4 Å². The van der Waals surface area contributed by atoms with Crippen LogP contribution in [0.25, 0.3) is 0 Å². The summed E-state index contributed by atoms with van der Waals surface area (Å²) in [7, 11) is 0. The molecule has 3 heterocycles. The van der Waals surface area contributed by atoms with Gasteiger partial charge in [-0.05, 0) is 37.6 Å². The van der Waals surface area contributed by atoms with E-state index in [0.717, 1.165) is 5.69 Å². The first-order valence-corrected chi connectivity index (χ1v) is 8.70. The fourth-order valence-electron chi connectivity index (χ4n) is 3.97. The summed E-state index contributed by atoms with van der Waals surface area (Å²) in [6, 6.07) is 8.98. The van der Waals surface area contributed by atoms with Gasteiger partial charge in [0.05, 0.1) is 18.5 Å². The number of para-hydroxylation sites is 1. The molecule has 2 aliphatic heterocycles. The molecule has 1 fully saturated rings. The number of Topliss-reactive ketones (excluding diaryl/α,β-unsaturated/α-hetero) is 1. The molecule has 134 valence electrons. The lowest BCUT2D eigenvalue weighted by atomic mass is 9.89. The number of ketones is 1. The summed E-state index contributed by atoms with van der Waals surface area (Å²) in [5, 5.41) is 0. The number of aryl methyl sites for hydroxylation is 2. The number of ether oxygens (including phenoxy) is 1. The number of nitrogens with one attached hydrogen (secondary N) is 1. The number of hydrogen-bond acceptors (Lipinski definition) is 4. The number of aromatic nitrogens is 1. The Bertz CT molecular complexity index is 978. The maximum absolute atomic E-state index is 12.9. The van der Waals surface area contributed by atoms with E-state index in [4.69, 9.17) is 4.74 Å². The van der Waals surface area contributed by atoms with Crippen LogP contribution in [0.3, 0.4) is 0 Å². The zero-order chi connectivity index (χ0) is 18.5. The average molecular weight is 352 g/mol. The smallest absolute Gasteiger partial charge is 0.261 e. The number of likely N-dealkylation sites (tertiary alicyclic amines) is 1. The van der Waals surface area contributed by atoms with Crippen molar-refractivity contribution in [2.24, 2.45) is 0 Å². The lowest BCUT2D eigenvalue weighted by Crippen LogP contribution is -2.45. The van der Waals surface area contributed by atoms with Crippen LogP contribution in [0.4, 0.5) is 0 Å². The number of amides is 1. The number of benzene rings is 1. The minimum atomic E-state index is -0.702. The van der Waals surface area contributed by atoms with E-state index in [1.54, 1.807) is 36.9 Å². The molecule has 1 aromatic heterocycles. The quantitative estimate of drug-likeness (QED) is 0.854. The van der Waals surface area contributed by atoms with Gasteiger partial charge in [-0.1, -0.05) is 12.1 Å². The molecule has 1 amide bonds. The Morgan fingerprint density at radius 3 is 2.77 bits per heavy atom. The van der Waals surface area contributed by atoms with Gasteiger partial charge in [-0.15, -0.1) is 0 Å². The molecular weight excluding hydrogens is 332 g/mol. The summed E-state index contributed by atoms with van der Waals surface area (Å²) in [5.74, 6) is 0.295. The number of carbonyl (C=O) groups is 2. The first-order chi connectivity index (χ1) is 12.4. The normalized spacial score (nSPS) is 21.6. The molecule has 1 aromatic carbocycles. The molecule has 1 N–H and O–H groups in total. The van der Waals surface area contributed by atoms with Crippen molar-refractivity contribution in [3.8, 4) is 5.75 Å². The van der Waals surface area contributed by atoms with Crippen molar-refractivity contribution in [3.05, 3.63) is 63.1 Å². The van der Waals surface area contributed by atoms with Crippen LogP contribution in [0.5, 0.6) is 5.75 Å². The fourth-order valence-corrected chi connectivity index (χ4v) is 3.97. The van der Waals surface area contributed by atoms with Gasteiger partial charge < -0.3 is 14.6 Å². The highest BCUT2D eigenvalue weighted by atomic mass is 16.5. The van der Waals surface area contributed by atoms with Crippen molar-refractivity contribution in [3.63, 3.8) is 0 Å². The largest absolute Gasteiger partial charge is 0.484 e. The number of pyridine rings is 1. The first kappa shape index (κ1) is 16.6. The summed E-state index contributed by atoms with van der Waals surface area (Å²) in [6.45, 7) is 4.31. The SMILES string of the molecule is Cc1cc(C)c(C(=O)N2CC[C@@]3(CC(=O)c4ccccc4O3)C2)c(=O)[nH]1. The number of rotatable bonds is 1. The number of aromatic amines is 1. The first-order valence-electron chi connectivity index (χ1n) is 8.70. The molecule has 6 heteroatoms. The lowest BCUT2D eigenvalue weighted by Gasteiger charge is -2.34. The molecule has 0 saturated carbocycles. The molecule has 1 atom stereocenters. The molecule has 2 aliphatic rings. The number of nitrogens with zero attached hydrogens (tertiary/aromatic N) is 1. The van der Waals surface area contributed by atoms with E-state index in [2.05, 4.69) is 4.98 Å². The van der Waals surface area contributed by atoms with Gasteiger partial charge in [0, 0.05) is 18.7 Å². The van der Waals surface area contributed by atoms with Gasteiger partial charge in [0.15, 0.2) is 5.78 Å². The molecule has 6 nitrogen and oxygen atoms in total. The van der Waals surface area contributed by atoms with Crippen molar-refractivity contribution < 1.29 is 14.3 Å². The van der Waals surface area contributed by atoms with E-state index < -0.39 is 5.60 Å². The lowest BCUT2D eigenvalue weighted by molar-refractivity contribution is 0.0428. The van der Waals surface area contributed by atoms with E-state index >= 15 is 0 Å². The highest BCUT2D eigenvalue weighted by Crippen LogP contribution is 2.38. The standard InChI is InChI=1S/C20H20N2O4/c1-12-9-13(2)21-18(24)17(12)19(25)22-8-7-20(11-22)10-15(23)14-5-3-4-6-16(14)26-20/h3-6,9H,7-8,10-11H2,1-2H3,(H,21,24)/t20-/m1/s1. The van der Waals surface area contributed by atoms with Gasteiger partial charge in [-0.3, -0.25) is 14.4 Å². The summed E-state index contributed by atoms with van der Waals surface area (Å²) in [5.41, 5.74) is 1.05. The van der Waals surface area contributed by atoms with Gasteiger partial charge in [0.25, 0.3) is 11.5 Å². The number of carbonyl (C=O) groups excluding carboxylic acids is 2. The molecule has 26 heavy (non-hydrogen) atoms. The predicted molar refractivity (Wildman–Crippen MR) is 95.8 cm³/mol. The highest BCUT2D eigenvalue weighted by molar-refractivity contribution is 6.00. The molecular formula is C20H20N2O4. The number of fused-ring (bicyclic) bond motifs is 1. The average Bonchev–Trinajstić information content (AvgIpc) is 2.97. The third-order valence-electron chi connectivity index (χ3n) is 5.18. The Labute approximate surface area is 150 Å². The van der Waals surface area contributed by atoms with Crippen LogP contribution in [-0.4, -0.2) is 40.3 Å². The second-order valence-corrected chi connectivity index (χ2v) is 7.20. The van der Waals surface area contributed by atoms with Crippen molar-refractivity contribution >= 4 is 11.7 Å². The third-order valence-corrected chi connectivity index (χ3v) is 5.18. The summed E-state index contributed by atoms with van der Waals surface area (Å²) >= 11 is 0. The van der Waals surface area contributed by atoms with E-state index in [1.165, 1.54) is 0 Å². The minimum Gasteiger partial charge on any atom is -0.484 e. The summed E-state index contributed by atoms with van der Waals surface area (Å²) < 4.78 is 6.15. The monoisotopic (exact) mass is 352 g/mol. The highest BCUT2D eigenvalue weighted by Gasteiger charge is 2.47. The van der Waals surface area contributed by atoms with Gasteiger partial charge in [0.1, 0.15) is 16.9 Å². The van der Waals surface area contributed by atoms with E-state index in [1.807, 2.05) is 12.1 Å². The molecule has 0 unspecified atom stereocenters. The van der Waals surface area contributed by atoms with Crippen LogP contribution >= 0.6 is 0 Å². The predicted octanol–water partition coefficient (Wildman–Crippen LogP) is 2.24. The molecule has 0 aliphatic carbocycles. The van der Waals surface area contributed by atoms with Gasteiger partial charge in [0.2, 0.25) is 0 Å². The Morgan fingerprint density at radius 2 is 2.00 bits per heavy atom. The zero-order valence-corrected chi connectivity index (χ0v) is 14.8. The van der Waals surface area contributed by atoms with Gasteiger partial charge in [-0.25, -0.2) is 0 Å². The topological polar surface area (TPSA) is 79.5 Å². The van der Waals surface area contributed by atoms with Crippen molar-refractivity contribution in [1.82, 2.24) is 9.88 Å². The van der Waals surface area contributed by atoms with Crippen molar-refractivity contribution in [2.75, 3.05) is 13.1 Å². The molecule has 0 radical (unpaired) electrons. The minimum absolute atomic E-state index is 0.0329. The van der Waals surface area contributed by atoms with Gasteiger partial charge in [-0.2, -0.15) is 0 Å². The fraction of sp³-hybridized carbons (Fsp3) is 0.350. The molecule has 1 spiro atoms. The van der Waals surface area contributed by atoms with Crippen molar-refractivity contribution in [2.45, 2.75) is 32.3 Å². The van der Waals surface area contributed by atoms with Crippen molar-refractivity contribution in [1.29, 1.82) is 0 Å². The number of H-pyrrole nitrogens is 1. The van der Waals surface area contributed by atoms with Crippen LogP contribution in [0.2, 0.25) is 0 Å². The summed E-state index contributed by atoms with van der Waals surface area (Å²) in [6.07, 6.45) is 0.818. The Hall–Kier alpha value is -2.89. The van der Waals surface area contributed by atoms with Crippen LogP contribution in [-0.2, 0) is 0 Å². The number of hydrogen-bond donors (Lipinski definition) is 1. The maximum atomic E-state index is 12.9. The Balaban J connectivity index is 1.61. The Kier molecular flexibility index (Phi) is 3.72. The molecule has 1 saturated heterocycles. The van der Waals surface area contributed by atoms with Crippen LogP contribution < -0.4 is 10.3 Å². The molecule has 0 bridgehead atoms. The third kappa shape index (κ3) is 2.62. The second kappa shape index (κ2) is 5.83. The summed E-state index contributed by atoms with van der Waals surface area (Å²) in [4.78, 5) is 42.0. The Morgan fingerprint density at radius 1 is 1.23 bits per heavy atom. The van der Waals surface area contributed by atoms with Crippen LogP contribution in [0.1, 0.15) is 44.8 Å². The zero-order valence-electron chi connectivity index (χ0n) is 14.8. The van der Waals surface area contributed by atoms with E-state index in [-0.39, 0.29) is 29.2 Å². The maximum Gasteiger partial charge on any atom is 0.261 e. The second-order valence-electron chi connectivity index (χ2n) is 7.20. The van der Waals surface area contributed by atoms with E-state index in [0.29, 0.717) is 36.4 Å². The van der Waals surface area contributed by atoms with Crippen LogP contribution in [0.15, 0.2) is 35.1 Å². The molecule has 2 aromatic rings.